The number of ether oxygens (including phenoxy) is 3. The Morgan fingerprint density at radius 3 is 2.38 bits per heavy atom. The van der Waals surface area contributed by atoms with Crippen LogP contribution in [0.4, 0.5) is 0 Å². The first-order valence-corrected chi connectivity index (χ1v) is 8.59. The molecule has 5 heteroatoms. The number of methoxy groups -OCH3 is 1. The number of aliphatic imine (C=N–C) groups is 1. The van der Waals surface area contributed by atoms with Gasteiger partial charge in [-0.3, -0.25) is 0 Å². The van der Waals surface area contributed by atoms with Gasteiger partial charge in [0.05, 0.1) is 13.7 Å². The number of carbonyl (C=O) groups is 1. The zero-order valence-electron chi connectivity index (χ0n) is 14.9. The molecule has 1 aliphatic rings. The third-order valence-electron chi connectivity index (χ3n) is 3.91. The minimum Gasteiger partial charge on any atom is -0.497 e. The first-order chi connectivity index (χ1) is 12.7. The second-order valence-corrected chi connectivity index (χ2v) is 5.84. The fraction of sp³-hybridized carbons (Fsp3) is 0.238. The van der Waals surface area contributed by atoms with Crippen LogP contribution in [0, 0.1) is 0 Å². The van der Waals surface area contributed by atoms with Crippen molar-refractivity contribution in [1.29, 1.82) is 0 Å². The highest BCUT2D eigenvalue weighted by Crippen LogP contribution is 2.22. The third kappa shape index (κ3) is 4.30. The molecule has 26 heavy (non-hydrogen) atoms. The van der Waals surface area contributed by atoms with Gasteiger partial charge in [-0.15, -0.1) is 0 Å². The summed E-state index contributed by atoms with van der Waals surface area (Å²) in [4.78, 5) is 16.4. The van der Waals surface area contributed by atoms with Gasteiger partial charge in [-0.2, -0.15) is 0 Å². The summed E-state index contributed by atoms with van der Waals surface area (Å²) in [6.45, 7) is 2.83. The highest BCUT2D eigenvalue weighted by Gasteiger charge is 2.24. The summed E-state index contributed by atoms with van der Waals surface area (Å²) >= 11 is 0. The van der Waals surface area contributed by atoms with E-state index in [0.717, 1.165) is 35.5 Å². The molecule has 0 aromatic heterocycles. The average molecular weight is 351 g/mol. The predicted molar refractivity (Wildman–Crippen MR) is 100 cm³/mol. The molecule has 0 saturated carbocycles. The Kier molecular flexibility index (Phi) is 5.69. The van der Waals surface area contributed by atoms with Crippen LogP contribution < -0.4 is 9.47 Å². The van der Waals surface area contributed by atoms with Gasteiger partial charge < -0.3 is 14.2 Å². The van der Waals surface area contributed by atoms with Crippen LogP contribution in [0.1, 0.15) is 30.9 Å². The SMILES string of the molecule is CCCCOc1ccc(C=C2N=C(c3ccc(OC)cc3)OC2=O)cc1. The van der Waals surface area contributed by atoms with E-state index in [-0.39, 0.29) is 5.70 Å². The number of cyclic esters (lactones) is 1. The van der Waals surface area contributed by atoms with E-state index < -0.39 is 5.97 Å². The largest absolute Gasteiger partial charge is 0.497 e. The van der Waals surface area contributed by atoms with Gasteiger partial charge in [0.25, 0.3) is 0 Å². The predicted octanol–water partition coefficient (Wildman–Crippen LogP) is 4.22. The molecule has 0 amide bonds. The fourth-order valence-corrected chi connectivity index (χ4v) is 2.42. The molecular weight excluding hydrogens is 330 g/mol. The minimum absolute atomic E-state index is 0.274. The molecule has 0 atom stereocenters. The summed E-state index contributed by atoms with van der Waals surface area (Å²) in [6, 6.07) is 14.7. The second-order valence-electron chi connectivity index (χ2n) is 5.84. The highest BCUT2D eigenvalue weighted by atomic mass is 16.6. The van der Waals surface area contributed by atoms with Crippen LogP contribution in [0.15, 0.2) is 59.2 Å². The summed E-state index contributed by atoms with van der Waals surface area (Å²) in [7, 11) is 1.60. The standard InChI is InChI=1S/C21H21NO4/c1-3-4-13-25-18-9-5-15(6-10-18)14-19-21(23)26-20(22-19)16-7-11-17(24-2)12-8-16/h5-12,14H,3-4,13H2,1-2H3. The number of unbranched alkanes of at least 4 members (excludes halogenated alkanes) is 1. The van der Waals surface area contributed by atoms with Crippen molar-refractivity contribution in [3.05, 3.63) is 65.4 Å². The summed E-state index contributed by atoms with van der Waals surface area (Å²) in [5.74, 6) is 1.38. The molecular formula is C21H21NO4. The first kappa shape index (κ1) is 17.7. The molecule has 0 N–H and O–H groups in total. The van der Waals surface area contributed by atoms with E-state index >= 15 is 0 Å². The van der Waals surface area contributed by atoms with Gasteiger partial charge in [-0.05, 0) is 54.5 Å². The lowest BCUT2D eigenvalue weighted by molar-refractivity contribution is -0.129. The number of nitrogens with zero attached hydrogens (tertiary/aromatic N) is 1. The summed E-state index contributed by atoms with van der Waals surface area (Å²) in [5, 5.41) is 0. The zero-order chi connectivity index (χ0) is 18.4. The molecule has 2 aromatic carbocycles. The Morgan fingerprint density at radius 2 is 1.73 bits per heavy atom. The Bertz CT molecular complexity index is 820. The molecule has 3 rings (SSSR count). The maximum absolute atomic E-state index is 12.1. The molecule has 0 radical (unpaired) electrons. The van der Waals surface area contributed by atoms with Crippen LogP contribution in [0.2, 0.25) is 0 Å². The van der Waals surface area contributed by atoms with Gasteiger partial charge in [-0.25, -0.2) is 9.79 Å². The third-order valence-corrected chi connectivity index (χ3v) is 3.91. The summed E-state index contributed by atoms with van der Waals surface area (Å²) in [5.41, 5.74) is 1.86. The highest BCUT2D eigenvalue weighted by molar-refractivity contribution is 6.12. The molecule has 0 unspecified atom stereocenters. The van der Waals surface area contributed by atoms with Crippen molar-refractivity contribution in [3.63, 3.8) is 0 Å². The summed E-state index contributed by atoms with van der Waals surface area (Å²) < 4.78 is 16.0. The van der Waals surface area contributed by atoms with E-state index in [1.807, 2.05) is 24.3 Å². The number of benzene rings is 2. The maximum Gasteiger partial charge on any atom is 0.363 e. The van der Waals surface area contributed by atoms with Gasteiger partial charge in [0.1, 0.15) is 11.5 Å². The lowest BCUT2D eigenvalue weighted by atomic mass is 10.2. The summed E-state index contributed by atoms with van der Waals surface area (Å²) in [6.07, 6.45) is 3.83. The molecule has 1 heterocycles. The van der Waals surface area contributed by atoms with Gasteiger partial charge in [0.15, 0.2) is 5.70 Å². The molecule has 0 aliphatic carbocycles. The normalized spacial score (nSPS) is 14.9. The van der Waals surface area contributed by atoms with Crippen molar-refractivity contribution in [3.8, 4) is 11.5 Å². The van der Waals surface area contributed by atoms with E-state index in [9.17, 15) is 4.79 Å². The molecule has 5 nitrogen and oxygen atoms in total. The number of hydrogen-bond donors (Lipinski definition) is 0. The molecule has 0 fully saturated rings. The van der Waals surface area contributed by atoms with Crippen molar-refractivity contribution >= 4 is 17.9 Å². The Morgan fingerprint density at radius 1 is 1.04 bits per heavy atom. The van der Waals surface area contributed by atoms with Gasteiger partial charge in [0, 0.05) is 5.56 Å². The maximum atomic E-state index is 12.1. The van der Waals surface area contributed by atoms with E-state index in [4.69, 9.17) is 14.2 Å². The molecule has 1 aliphatic heterocycles. The van der Waals surface area contributed by atoms with Crippen LogP contribution in [0.3, 0.4) is 0 Å². The molecule has 134 valence electrons. The van der Waals surface area contributed by atoms with Crippen molar-refractivity contribution < 1.29 is 19.0 Å². The van der Waals surface area contributed by atoms with E-state index in [1.54, 1.807) is 37.5 Å². The van der Waals surface area contributed by atoms with Crippen molar-refractivity contribution in [2.45, 2.75) is 19.8 Å². The number of hydrogen-bond acceptors (Lipinski definition) is 5. The van der Waals surface area contributed by atoms with Gasteiger partial charge in [-0.1, -0.05) is 25.5 Å². The quantitative estimate of drug-likeness (QED) is 0.426. The van der Waals surface area contributed by atoms with Crippen LogP contribution in [-0.2, 0) is 9.53 Å². The van der Waals surface area contributed by atoms with Crippen LogP contribution >= 0.6 is 0 Å². The lowest BCUT2D eigenvalue weighted by Gasteiger charge is -2.05. The Hall–Kier alpha value is -3.08. The lowest BCUT2D eigenvalue weighted by Crippen LogP contribution is -2.05. The van der Waals surface area contributed by atoms with Gasteiger partial charge in [0.2, 0.25) is 5.90 Å². The van der Waals surface area contributed by atoms with Crippen molar-refractivity contribution in [2.24, 2.45) is 4.99 Å². The number of esters is 1. The molecule has 2 aromatic rings. The van der Waals surface area contributed by atoms with Crippen molar-refractivity contribution in [1.82, 2.24) is 0 Å². The average Bonchev–Trinajstić information content (AvgIpc) is 3.04. The second kappa shape index (κ2) is 8.34. The van der Waals surface area contributed by atoms with E-state index in [1.165, 1.54) is 0 Å². The minimum atomic E-state index is -0.459. The molecule has 0 bridgehead atoms. The van der Waals surface area contributed by atoms with Gasteiger partial charge >= 0.3 is 5.97 Å². The zero-order valence-corrected chi connectivity index (χ0v) is 14.9. The first-order valence-electron chi connectivity index (χ1n) is 8.59. The molecule has 0 saturated heterocycles. The smallest absolute Gasteiger partial charge is 0.363 e. The van der Waals surface area contributed by atoms with Crippen LogP contribution in [0.5, 0.6) is 11.5 Å². The fourth-order valence-electron chi connectivity index (χ4n) is 2.42. The number of carbonyl (C=O) groups excluding carboxylic acids is 1. The Balaban J connectivity index is 1.73. The van der Waals surface area contributed by atoms with E-state index in [0.29, 0.717) is 12.5 Å². The van der Waals surface area contributed by atoms with Crippen LogP contribution in [-0.4, -0.2) is 25.6 Å². The van der Waals surface area contributed by atoms with E-state index in [2.05, 4.69) is 11.9 Å². The Labute approximate surface area is 152 Å². The number of rotatable bonds is 7. The molecule has 0 spiro atoms. The van der Waals surface area contributed by atoms with Crippen molar-refractivity contribution in [2.75, 3.05) is 13.7 Å². The monoisotopic (exact) mass is 351 g/mol. The topological polar surface area (TPSA) is 57.1 Å². The van der Waals surface area contributed by atoms with Crippen LogP contribution in [0.25, 0.3) is 6.08 Å².